The van der Waals surface area contributed by atoms with E-state index in [1.54, 1.807) is 13.8 Å². The van der Waals surface area contributed by atoms with E-state index in [0.717, 1.165) is 16.5 Å². The maximum atomic E-state index is 12.2. The number of aromatic nitrogens is 3. The number of rotatable bonds is 6. The molecule has 3 N–H and O–H groups in total. The van der Waals surface area contributed by atoms with Crippen molar-refractivity contribution in [1.29, 1.82) is 0 Å². The molecule has 0 unspecified atom stereocenters. The third kappa shape index (κ3) is 3.33. The van der Waals surface area contributed by atoms with Crippen LogP contribution in [-0.2, 0) is 21.5 Å². The van der Waals surface area contributed by atoms with E-state index in [4.69, 9.17) is 0 Å². The van der Waals surface area contributed by atoms with Gasteiger partial charge in [0.15, 0.2) is 5.54 Å². The van der Waals surface area contributed by atoms with E-state index in [1.807, 2.05) is 31.3 Å². The van der Waals surface area contributed by atoms with Crippen LogP contribution in [0.5, 0.6) is 0 Å². The number of fused-ring (bicyclic) bond motifs is 1. The number of hydrogen-bond acceptors (Lipinski definition) is 3. The Bertz CT molecular complexity index is 968. The van der Waals surface area contributed by atoms with Crippen LogP contribution in [0.2, 0.25) is 0 Å². The quantitative estimate of drug-likeness (QED) is 0.633. The van der Waals surface area contributed by atoms with Gasteiger partial charge in [0.25, 0.3) is 0 Å². The number of aromatic amines is 1. The minimum atomic E-state index is -1.18. The van der Waals surface area contributed by atoms with Gasteiger partial charge in [0.2, 0.25) is 5.91 Å². The highest BCUT2D eigenvalue weighted by Crippen LogP contribution is 2.22. The van der Waals surface area contributed by atoms with Crippen LogP contribution in [0.3, 0.4) is 0 Å². The average Bonchev–Trinajstić information content (AvgIpc) is 3.21. The Labute approximate surface area is 151 Å². The third-order valence-corrected chi connectivity index (χ3v) is 4.59. The molecule has 0 spiro atoms. The van der Waals surface area contributed by atoms with E-state index >= 15 is 0 Å². The second-order valence-electron chi connectivity index (χ2n) is 6.90. The maximum absolute atomic E-state index is 12.2. The molecule has 0 aliphatic rings. The zero-order valence-electron chi connectivity index (χ0n) is 15.0. The van der Waals surface area contributed by atoms with Crippen LogP contribution in [0, 0.1) is 6.92 Å². The van der Waals surface area contributed by atoms with Crippen LogP contribution in [0.15, 0.2) is 36.8 Å². The van der Waals surface area contributed by atoms with E-state index in [-0.39, 0.29) is 5.91 Å². The fourth-order valence-corrected chi connectivity index (χ4v) is 2.83. The SMILES string of the molecule is Cc1cccc2c(CCC(=O)Nc3cnn(C(C)(C)C(=O)O)c3)c[nH]c12. The van der Waals surface area contributed by atoms with Gasteiger partial charge in [-0.25, -0.2) is 4.79 Å². The average molecular weight is 354 g/mol. The first-order valence-corrected chi connectivity index (χ1v) is 8.43. The number of nitrogens with zero attached hydrogens (tertiary/aromatic N) is 2. The number of aryl methyl sites for hydroxylation is 2. The number of anilines is 1. The lowest BCUT2D eigenvalue weighted by molar-refractivity contribution is -0.146. The number of para-hydroxylation sites is 1. The van der Waals surface area contributed by atoms with Crippen molar-refractivity contribution in [3.05, 3.63) is 47.9 Å². The number of aliphatic carboxylic acids is 1. The molecule has 0 radical (unpaired) electrons. The summed E-state index contributed by atoms with van der Waals surface area (Å²) in [6.45, 7) is 5.14. The van der Waals surface area contributed by atoms with E-state index in [0.29, 0.717) is 18.5 Å². The zero-order valence-corrected chi connectivity index (χ0v) is 15.0. The van der Waals surface area contributed by atoms with Crippen LogP contribution in [-0.4, -0.2) is 31.7 Å². The number of carboxylic acid groups (broad SMARTS) is 1. The van der Waals surface area contributed by atoms with Gasteiger partial charge in [-0.2, -0.15) is 5.10 Å². The first-order valence-electron chi connectivity index (χ1n) is 8.43. The highest BCUT2D eigenvalue weighted by Gasteiger charge is 2.30. The highest BCUT2D eigenvalue weighted by atomic mass is 16.4. The molecule has 0 saturated heterocycles. The number of H-pyrrole nitrogens is 1. The third-order valence-electron chi connectivity index (χ3n) is 4.59. The number of carbonyl (C=O) groups is 2. The number of hydrogen-bond donors (Lipinski definition) is 3. The minimum Gasteiger partial charge on any atom is -0.479 e. The molecular weight excluding hydrogens is 332 g/mol. The standard InChI is InChI=1S/C19H22N4O3/c1-12-5-4-6-15-13(9-20-17(12)15)7-8-16(24)22-14-10-21-23(11-14)19(2,3)18(25)26/h4-6,9-11,20H,7-8H2,1-3H3,(H,22,24)(H,25,26). The Morgan fingerprint density at radius 3 is 2.85 bits per heavy atom. The first-order chi connectivity index (χ1) is 12.3. The van der Waals surface area contributed by atoms with Crippen molar-refractivity contribution in [2.75, 3.05) is 5.32 Å². The summed E-state index contributed by atoms with van der Waals surface area (Å²) >= 11 is 0. The molecule has 3 aromatic rings. The normalized spacial score (nSPS) is 11.7. The molecule has 26 heavy (non-hydrogen) atoms. The van der Waals surface area contributed by atoms with Crippen molar-refractivity contribution < 1.29 is 14.7 Å². The lowest BCUT2D eigenvalue weighted by atomic mass is 10.1. The van der Waals surface area contributed by atoms with Crippen molar-refractivity contribution >= 4 is 28.5 Å². The lowest BCUT2D eigenvalue weighted by Crippen LogP contribution is -2.35. The summed E-state index contributed by atoms with van der Waals surface area (Å²) in [4.78, 5) is 26.8. The second-order valence-corrected chi connectivity index (χ2v) is 6.90. The van der Waals surface area contributed by atoms with Gasteiger partial charge in [-0.15, -0.1) is 0 Å². The largest absolute Gasteiger partial charge is 0.479 e. The summed E-state index contributed by atoms with van der Waals surface area (Å²) in [5, 5.41) is 17.2. The molecule has 7 heteroatoms. The molecule has 1 amide bonds. The second kappa shape index (κ2) is 6.67. The number of benzene rings is 1. The number of nitrogens with one attached hydrogen (secondary N) is 2. The van der Waals surface area contributed by atoms with Gasteiger partial charge < -0.3 is 15.4 Å². The number of carboxylic acids is 1. The highest BCUT2D eigenvalue weighted by molar-refractivity contribution is 5.91. The van der Waals surface area contributed by atoms with Crippen molar-refractivity contribution in [2.24, 2.45) is 0 Å². The molecule has 0 saturated carbocycles. The summed E-state index contributed by atoms with van der Waals surface area (Å²) in [7, 11) is 0. The summed E-state index contributed by atoms with van der Waals surface area (Å²) in [5.41, 5.74) is 2.68. The van der Waals surface area contributed by atoms with Crippen LogP contribution >= 0.6 is 0 Å². The molecule has 0 aliphatic heterocycles. The van der Waals surface area contributed by atoms with E-state index in [1.165, 1.54) is 22.6 Å². The monoisotopic (exact) mass is 354 g/mol. The van der Waals surface area contributed by atoms with Gasteiger partial charge in [-0.3, -0.25) is 9.48 Å². The maximum Gasteiger partial charge on any atom is 0.331 e. The summed E-state index contributed by atoms with van der Waals surface area (Å²) in [5.74, 6) is -1.13. The van der Waals surface area contributed by atoms with Gasteiger partial charge in [0.05, 0.1) is 11.9 Å². The van der Waals surface area contributed by atoms with Crippen molar-refractivity contribution in [2.45, 2.75) is 39.2 Å². The van der Waals surface area contributed by atoms with Gasteiger partial charge in [-0.1, -0.05) is 18.2 Å². The molecule has 0 aliphatic carbocycles. The molecule has 0 bridgehead atoms. The molecule has 1 aromatic carbocycles. The molecular formula is C19H22N4O3. The summed E-state index contributed by atoms with van der Waals surface area (Å²) in [6.07, 6.45) is 5.87. The fourth-order valence-electron chi connectivity index (χ4n) is 2.83. The Hall–Kier alpha value is -3.09. The van der Waals surface area contributed by atoms with Crippen LogP contribution in [0.25, 0.3) is 10.9 Å². The van der Waals surface area contributed by atoms with E-state index in [9.17, 15) is 14.7 Å². The predicted octanol–water partition coefficient (Wildman–Crippen LogP) is 3.06. The molecule has 2 aromatic heterocycles. The van der Waals surface area contributed by atoms with Crippen LogP contribution in [0.4, 0.5) is 5.69 Å². The predicted molar refractivity (Wildman–Crippen MR) is 99.2 cm³/mol. The van der Waals surface area contributed by atoms with Gasteiger partial charge in [0.1, 0.15) is 0 Å². The van der Waals surface area contributed by atoms with Gasteiger partial charge in [-0.05, 0) is 38.3 Å². The van der Waals surface area contributed by atoms with Crippen LogP contribution in [0.1, 0.15) is 31.4 Å². The van der Waals surface area contributed by atoms with Crippen LogP contribution < -0.4 is 5.32 Å². The van der Waals surface area contributed by atoms with Crippen molar-refractivity contribution in [3.63, 3.8) is 0 Å². The molecule has 7 nitrogen and oxygen atoms in total. The minimum absolute atomic E-state index is 0.139. The van der Waals surface area contributed by atoms with E-state index < -0.39 is 11.5 Å². The van der Waals surface area contributed by atoms with Crippen molar-refractivity contribution in [1.82, 2.24) is 14.8 Å². The van der Waals surface area contributed by atoms with Gasteiger partial charge >= 0.3 is 5.97 Å². The molecule has 2 heterocycles. The smallest absolute Gasteiger partial charge is 0.331 e. The first kappa shape index (κ1) is 17.7. The topological polar surface area (TPSA) is 100 Å². The Kier molecular flexibility index (Phi) is 4.54. The van der Waals surface area contributed by atoms with Gasteiger partial charge in [0, 0.05) is 29.7 Å². The Morgan fingerprint density at radius 1 is 1.35 bits per heavy atom. The fraction of sp³-hybridized carbons (Fsp3) is 0.316. The lowest BCUT2D eigenvalue weighted by Gasteiger charge is -2.19. The molecule has 3 rings (SSSR count). The Morgan fingerprint density at radius 2 is 2.12 bits per heavy atom. The Balaban J connectivity index is 1.64. The summed E-state index contributed by atoms with van der Waals surface area (Å²) < 4.78 is 1.33. The number of carbonyl (C=O) groups excluding carboxylic acids is 1. The number of amides is 1. The zero-order chi connectivity index (χ0) is 18.9. The molecule has 0 atom stereocenters. The van der Waals surface area contributed by atoms with E-state index in [2.05, 4.69) is 15.4 Å². The molecule has 136 valence electrons. The molecule has 0 fully saturated rings. The summed E-state index contributed by atoms with van der Waals surface area (Å²) in [6, 6.07) is 6.10. The van der Waals surface area contributed by atoms with Crippen molar-refractivity contribution in [3.8, 4) is 0 Å².